The summed E-state index contributed by atoms with van der Waals surface area (Å²) in [4.78, 5) is 19.6. The number of aromatic nitrogens is 4. The average molecular weight is 411 g/mol. The Labute approximate surface area is 179 Å². The van der Waals surface area contributed by atoms with Crippen molar-refractivity contribution in [3.05, 3.63) is 78.1 Å². The molecule has 4 aromatic rings. The Kier molecular flexibility index (Phi) is 4.51. The first kappa shape index (κ1) is 19.0. The van der Waals surface area contributed by atoms with E-state index in [1.807, 2.05) is 53.1 Å². The SMILES string of the molecule is CC(C)n1cnnc1-c1cccc(N2Cc3ccc(-c4ccccc4O)cc3C2=O)n1. The first-order valence-electron chi connectivity index (χ1n) is 10.1. The van der Waals surface area contributed by atoms with Crippen LogP contribution in [-0.4, -0.2) is 30.8 Å². The van der Waals surface area contributed by atoms with Gasteiger partial charge in [-0.25, -0.2) is 4.98 Å². The molecule has 0 atom stereocenters. The van der Waals surface area contributed by atoms with Gasteiger partial charge in [-0.05, 0) is 49.2 Å². The number of pyridine rings is 1. The summed E-state index contributed by atoms with van der Waals surface area (Å²) >= 11 is 0. The van der Waals surface area contributed by atoms with Crippen LogP contribution in [0.2, 0.25) is 0 Å². The van der Waals surface area contributed by atoms with E-state index in [0.717, 1.165) is 11.1 Å². The molecule has 2 aromatic heterocycles. The number of carbonyl (C=O) groups is 1. The van der Waals surface area contributed by atoms with Gasteiger partial charge in [0.25, 0.3) is 5.91 Å². The van der Waals surface area contributed by atoms with Crippen LogP contribution in [0.3, 0.4) is 0 Å². The summed E-state index contributed by atoms with van der Waals surface area (Å²) in [6, 6.07) is 18.6. The van der Waals surface area contributed by atoms with Crippen LogP contribution in [-0.2, 0) is 6.54 Å². The number of phenolic OH excluding ortho intramolecular Hbond substituents is 1. The minimum atomic E-state index is -0.109. The highest BCUT2D eigenvalue weighted by molar-refractivity contribution is 6.10. The molecule has 2 aromatic carbocycles. The van der Waals surface area contributed by atoms with E-state index in [1.165, 1.54) is 0 Å². The Morgan fingerprint density at radius 3 is 2.65 bits per heavy atom. The van der Waals surface area contributed by atoms with E-state index in [-0.39, 0.29) is 17.7 Å². The molecular weight excluding hydrogens is 390 g/mol. The molecule has 0 unspecified atom stereocenters. The van der Waals surface area contributed by atoms with Gasteiger partial charge < -0.3 is 9.67 Å². The van der Waals surface area contributed by atoms with E-state index in [1.54, 1.807) is 23.4 Å². The van der Waals surface area contributed by atoms with Crippen LogP contribution in [0.4, 0.5) is 5.82 Å². The molecule has 3 heterocycles. The molecule has 7 heteroatoms. The van der Waals surface area contributed by atoms with Crippen LogP contribution in [0.25, 0.3) is 22.6 Å². The topological polar surface area (TPSA) is 84.1 Å². The first-order valence-corrected chi connectivity index (χ1v) is 10.1. The monoisotopic (exact) mass is 411 g/mol. The number of phenols is 1. The van der Waals surface area contributed by atoms with Crippen molar-refractivity contribution in [1.29, 1.82) is 0 Å². The van der Waals surface area contributed by atoms with Crippen LogP contribution in [0.5, 0.6) is 5.75 Å². The Morgan fingerprint density at radius 2 is 1.84 bits per heavy atom. The summed E-state index contributed by atoms with van der Waals surface area (Å²) in [6.45, 7) is 4.56. The van der Waals surface area contributed by atoms with Crippen molar-refractivity contribution in [2.75, 3.05) is 4.90 Å². The number of anilines is 1. The van der Waals surface area contributed by atoms with Crippen molar-refractivity contribution in [1.82, 2.24) is 19.7 Å². The van der Waals surface area contributed by atoms with Gasteiger partial charge in [0, 0.05) is 17.2 Å². The van der Waals surface area contributed by atoms with Gasteiger partial charge in [0.05, 0.1) is 6.54 Å². The van der Waals surface area contributed by atoms with E-state index in [9.17, 15) is 9.90 Å². The molecule has 0 aliphatic carbocycles. The largest absolute Gasteiger partial charge is 0.507 e. The number of aromatic hydroxyl groups is 1. The fraction of sp³-hybridized carbons (Fsp3) is 0.167. The van der Waals surface area contributed by atoms with Gasteiger partial charge in [0.15, 0.2) is 5.82 Å². The molecule has 0 radical (unpaired) electrons. The smallest absolute Gasteiger partial charge is 0.260 e. The highest BCUT2D eigenvalue weighted by atomic mass is 16.3. The van der Waals surface area contributed by atoms with Crippen molar-refractivity contribution in [2.24, 2.45) is 0 Å². The highest BCUT2D eigenvalue weighted by Crippen LogP contribution is 2.34. The van der Waals surface area contributed by atoms with E-state index >= 15 is 0 Å². The predicted molar refractivity (Wildman–Crippen MR) is 118 cm³/mol. The lowest BCUT2D eigenvalue weighted by atomic mass is 10.00. The molecule has 0 saturated carbocycles. The number of hydrogen-bond acceptors (Lipinski definition) is 5. The molecular formula is C24H21N5O2. The zero-order chi connectivity index (χ0) is 21.5. The van der Waals surface area contributed by atoms with Crippen LogP contribution in [0.1, 0.15) is 35.8 Å². The number of para-hydroxylation sites is 1. The van der Waals surface area contributed by atoms with Crippen LogP contribution in [0, 0.1) is 0 Å². The molecule has 7 nitrogen and oxygen atoms in total. The Bertz CT molecular complexity index is 1290. The lowest BCUT2D eigenvalue weighted by Crippen LogP contribution is -2.24. The summed E-state index contributed by atoms with van der Waals surface area (Å²) in [6.07, 6.45) is 1.69. The number of benzene rings is 2. The normalized spacial score (nSPS) is 13.1. The maximum absolute atomic E-state index is 13.2. The molecule has 0 spiro atoms. The second kappa shape index (κ2) is 7.36. The summed E-state index contributed by atoms with van der Waals surface area (Å²) < 4.78 is 1.95. The third kappa shape index (κ3) is 3.24. The molecule has 5 rings (SSSR count). The van der Waals surface area contributed by atoms with Gasteiger partial charge in [0.2, 0.25) is 0 Å². The standard InChI is InChI=1S/C24H21N5O2/c1-15(2)29-14-25-27-23(29)20-7-5-9-22(26-20)28-13-17-11-10-16(12-19(17)24(28)31)18-6-3-4-8-21(18)30/h3-12,14-15,30H,13H2,1-2H3. The minimum absolute atomic E-state index is 0.109. The Hall–Kier alpha value is -4.00. The summed E-state index contributed by atoms with van der Waals surface area (Å²) in [5, 5.41) is 18.4. The van der Waals surface area contributed by atoms with E-state index in [4.69, 9.17) is 4.98 Å². The lowest BCUT2D eigenvalue weighted by Gasteiger charge is -2.16. The molecule has 1 N–H and O–H groups in total. The van der Waals surface area contributed by atoms with Crippen molar-refractivity contribution in [3.8, 4) is 28.4 Å². The number of rotatable bonds is 4. The predicted octanol–water partition coefficient (Wildman–Crippen LogP) is 4.45. The molecule has 1 aliphatic rings. The van der Waals surface area contributed by atoms with E-state index in [0.29, 0.717) is 35.0 Å². The number of carbonyl (C=O) groups excluding carboxylic acids is 1. The molecule has 0 fully saturated rings. The quantitative estimate of drug-likeness (QED) is 0.536. The van der Waals surface area contributed by atoms with Gasteiger partial charge in [-0.1, -0.05) is 36.4 Å². The Morgan fingerprint density at radius 1 is 1.00 bits per heavy atom. The lowest BCUT2D eigenvalue weighted by molar-refractivity contribution is 0.0996. The summed E-state index contributed by atoms with van der Waals surface area (Å²) in [5.74, 6) is 1.32. The van der Waals surface area contributed by atoms with Gasteiger partial charge in [-0.3, -0.25) is 9.69 Å². The number of nitrogens with zero attached hydrogens (tertiary/aromatic N) is 5. The minimum Gasteiger partial charge on any atom is -0.507 e. The first-order chi connectivity index (χ1) is 15.0. The highest BCUT2D eigenvalue weighted by Gasteiger charge is 2.30. The maximum atomic E-state index is 13.2. The number of fused-ring (bicyclic) bond motifs is 1. The average Bonchev–Trinajstić information content (AvgIpc) is 3.39. The molecule has 1 amide bonds. The van der Waals surface area contributed by atoms with Gasteiger partial charge in [0.1, 0.15) is 23.6 Å². The van der Waals surface area contributed by atoms with E-state index in [2.05, 4.69) is 24.0 Å². The van der Waals surface area contributed by atoms with Crippen molar-refractivity contribution in [2.45, 2.75) is 26.4 Å². The molecule has 0 saturated heterocycles. The maximum Gasteiger partial charge on any atom is 0.260 e. The van der Waals surface area contributed by atoms with Crippen LogP contribution >= 0.6 is 0 Å². The Balaban J connectivity index is 1.49. The molecule has 1 aliphatic heterocycles. The fourth-order valence-corrected chi connectivity index (χ4v) is 3.87. The van der Waals surface area contributed by atoms with E-state index < -0.39 is 0 Å². The molecule has 0 bridgehead atoms. The fourth-order valence-electron chi connectivity index (χ4n) is 3.87. The number of hydrogen-bond donors (Lipinski definition) is 1. The zero-order valence-corrected chi connectivity index (χ0v) is 17.2. The second-order valence-corrected chi connectivity index (χ2v) is 7.82. The van der Waals surface area contributed by atoms with Crippen molar-refractivity contribution in [3.63, 3.8) is 0 Å². The third-order valence-corrected chi connectivity index (χ3v) is 5.50. The van der Waals surface area contributed by atoms with Gasteiger partial charge >= 0.3 is 0 Å². The van der Waals surface area contributed by atoms with Crippen molar-refractivity contribution < 1.29 is 9.90 Å². The third-order valence-electron chi connectivity index (χ3n) is 5.50. The molecule has 31 heavy (non-hydrogen) atoms. The van der Waals surface area contributed by atoms with Crippen LogP contribution in [0.15, 0.2) is 67.0 Å². The van der Waals surface area contributed by atoms with Crippen molar-refractivity contribution >= 4 is 11.7 Å². The number of amides is 1. The van der Waals surface area contributed by atoms with Gasteiger partial charge in [-0.15, -0.1) is 10.2 Å². The molecule has 154 valence electrons. The van der Waals surface area contributed by atoms with Gasteiger partial charge in [-0.2, -0.15) is 0 Å². The zero-order valence-electron chi connectivity index (χ0n) is 17.2. The summed E-state index contributed by atoms with van der Waals surface area (Å²) in [7, 11) is 0. The summed E-state index contributed by atoms with van der Waals surface area (Å²) in [5.41, 5.74) is 3.73. The van der Waals surface area contributed by atoms with Crippen LogP contribution < -0.4 is 4.90 Å². The second-order valence-electron chi connectivity index (χ2n) is 7.82.